The molecule has 1 atom stereocenters. The molecule has 2 heterocycles. The average Bonchev–Trinajstić information content (AvgIpc) is 2.95. The zero-order valence-electron chi connectivity index (χ0n) is 17.8. The van der Waals surface area contributed by atoms with E-state index < -0.39 is 17.9 Å². The predicted octanol–water partition coefficient (Wildman–Crippen LogP) is 3.08. The van der Waals surface area contributed by atoms with Gasteiger partial charge in [0.25, 0.3) is 11.8 Å². The molecule has 3 aromatic rings. The number of aryl methyl sites for hydroxylation is 5. The van der Waals surface area contributed by atoms with Gasteiger partial charge in [-0.1, -0.05) is 11.6 Å². The Morgan fingerprint density at radius 2 is 1.73 bits per heavy atom. The maximum atomic E-state index is 12.8. The van der Waals surface area contributed by atoms with Crippen molar-refractivity contribution in [2.45, 2.75) is 40.7 Å². The fourth-order valence-corrected chi connectivity index (χ4v) is 3.68. The predicted molar refractivity (Wildman–Crippen MR) is 115 cm³/mol. The quantitative estimate of drug-likeness (QED) is 0.621. The average molecular weight is 430 g/mol. The topological polar surface area (TPSA) is 98.1 Å². The van der Waals surface area contributed by atoms with Crippen molar-refractivity contribution in [3.05, 3.63) is 51.3 Å². The molecular formula is C21H24ClN5O3. The van der Waals surface area contributed by atoms with Gasteiger partial charge in [-0.3, -0.25) is 25.1 Å². The van der Waals surface area contributed by atoms with Gasteiger partial charge >= 0.3 is 0 Å². The Morgan fingerprint density at radius 1 is 1.10 bits per heavy atom. The minimum Gasteiger partial charge on any atom is -0.480 e. The van der Waals surface area contributed by atoms with Gasteiger partial charge in [0, 0.05) is 17.8 Å². The lowest BCUT2D eigenvalue weighted by Crippen LogP contribution is -2.47. The number of halogens is 1. The van der Waals surface area contributed by atoms with E-state index in [2.05, 4.69) is 20.9 Å². The summed E-state index contributed by atoms with van der Waals surface area (Å²) in [6.07, 6.45) is -0.830. The minimum atomic E-state index is -0.830. The van der Waals surface area contributed by atoms with Crippen LogP contribution in [0.25, 0.3) is 11.0 Å². The van der Waals surface area contributed by atoms with Crippen molar-refractivity contribution < 1.29 is 14.3 Å². The number of rotatable bonds is 4. The number of aromatic nitrogens is 3. The Labute approximate surface area is 179 Å². The van der Waals surface area contributed by atoms with E-state index in [-0.39, 0.29) is 0 Å². The third-order valence-corrected chi connectivity index (χ3v) is 4.95. The van der Waals surface area contributed by atoms with Crippen molar-refractivity contribution in [1.82, 2.24) is 25.6 Å². The second kappa shape index (κ2) is 8.31. The van der Waals surface area contributed by atoms with Crippen LogP contribution in [0.5, 0.6) is 5.75 Å². The summed E-state index contributed by atoms with van der Waals surface area (Å²) in [7, 11) is 1.77. The summed E-state index contributed by atoms with van der Waals surface area (Å²) in [5.74, 6) is -0.353. The van der Waals surface area contributed by atoms with E-state index in [9.17, 15) is 9.59 Å². The highest BCUT2D eigenvalue weighted by Crippen LogP contribution is 2.28. The maximum absolute atomic E-state index is 12.8. The molecule has 0 aliphatic heterocycles. The Bertz CT molecular complexity index is 1130. The first kappa shape index (κ1) is 21.6. The van der Waals surface area contributed by atoms with E-state index in [1.807, 2.05) is 13.8 Å². The number of ether oxygens (including phenoxy) is 1. The van der Waals surface area contributed by atoms with Crippen molar-refractivity contribution >= 4 is 34.4 Å². The van der Waals surface area contributed by atoms with Crippen LogP contribution in [0.3, 0.4) is 0 Å². The third-order valence-electron chi connectivity index (χ3n) is 4.73. The number of carbonyl (C=O) groups excluding carboxylic acids is 2. The number of amides is 2. The van der Waals surface area contributed by atoms with E-state index in [4.69, 9.17) is 16.3 Å². The molecule has 0 spiro atoms. The monoisotopic (exact) mass is 429 g/mol. The summed E-state index contributed by atoms with van der Waals surface area (Å²) in [6.45, 7) is 8.92. The highest BCUT2D eigenvalue weighted by Gasteiger charge is 2.21. The molecule has 158 valence electrons. The van der Waals surface area contributed by atoms with Crippen molar-refractivity contribution in [1.29, 1.82) is 0 Å². The van der Waals surface area contributed by atoms with Crippen LogP contribution in [0.2, 0.25) is 5.02 Å². The van der Waals surface area contributed by atoms with E-state index in [1.54, 1.807) is 50.7 Å². The van der Waals surface area contributed by atoms with Crippen LogP contribution < -0.4 is 15.6 Å². The molecule has 1 aromatic carbocycles. The summed E-state index contributed by atoms with van der Waals surface area (Å²) >= 11 is 6.04. The van der Waals surface area contributed by atoms with Crippen molar-refractivity contribution in [2.75, 3.05) is 0 Å². The van der Waals surface area contributed by atoms with Gasteiger partial charge in [-0.25, -0.2) is 4.98 Å². The zero-order valence-corrected chi connectivity index (χ0v) is 18.5. The second-order valence-corrected chi connectivity index (χ2v) is 7.73. The Kier molecular flexibility index (Phi) is 5.98. The Hall–Kier alpha value is -3.13. The molecule has 8 nitrogen and oxygen atoms in total. The number of benzene rings is 1. The normalized spacial score (nSPS) is 12.0. The Balaban J connectivity index is 1.72. The number of pyridine rings is 1. The van der Waals surface area contributed by atoms with E-state index in [0.717, 1.165) is 11.1 Å². The van der Waals surface area contributed by atoms with Crippen molar-refractivity contribution in [2.24, 2.45) is 7.05 Å². The molecule has 2 amide bonds. The number of carbonyl (C=O) groups is 2. The largest absolute Gasteiger partial charge is 0.480 e. The van der Waals surface area contributed by atoms with Crippen LogP contribution in [-0.4, -0.2) is 32.7 Å². The van der Waals surface area contributed by atoms with Crippen LogP contribution in [0.1, 0.15) is 39.8 Å². The SMILES string of the molecule is Cc1cc(C(=O)NNC(=O)C(C)Oc2c(C)cc(Cl)cc2C)c2c(C)nn(C)c2n1. The van der Waals surface area contributed by atoms with Crippen molar-refractivity contribution in [3.8, 4) is 5.75 Å². The van der Waals surface area contributed by atoms with Gasteiger partial charge in [0.05, 0.1) is 16.6 Å². The smallest absolute Gasteiger partial charge is 0.279 e. The molecule has 0 fully saturated rings. The standard InChI is InChI=1S/C21H24ClN5O3/c1-10-7-15(22)8-11(2)18(10)30-14(5)20(28)24-25-21(29)16-9-12(3)23-19-17(16)13(4)26-27(19)6/h7-9,14H,1-6H3,(H,24,28)(H,25,29). The zero-order chi connectivity index (χ0) is 22.2. The molecular weight excluding hydrogens is 406 g/mol. The number of nitrogens with one attached hydrogen (secondary N) is 2. The van der Waals surface area contributed by atoms with Crippen LogP contribution >= 0.6 is 11.6 Å². The van der Waals surface area contributed by atoms with Crippen LogP contribution in [0.15, 0.2) is 18.2 Å². The number of nitrogens with zero attached hydrogens (tertiary/aromatic N) is 3. The van der Waals surface area contributed by atoms with Gasteiger partial charge in [0.2, 0.25) is 0 Å². The summed E-state index contributed by atoms with van der Waals surface area (Å²) in [6, 6.07) is 5.20. The molecule has 0 saturated heterocycles. The molecule has 1 unspecified atom stereocenters. The molecule has 3 rings (SSSR count). The van der Waals surface area contributed by atoms with Gasteiger partial charge < -0.3 is 4.74 Å². The Morgan fingerprint density at radius 3 is 2.37 bits per heavy atom. The molecule has 0 aliphatic carbocycles. The molecule has 0 radical (unpaired) electrons. The number of fused-ring (bicyclic) bond motifs is 1. The van der Waals surface area contributed by atoms with E-state index >= 15 is 0 Å². The van der Waals surface area contributed by atoms with Gasteiger partial charge in [-0.15, -0.1) is 0 Å². The number of hydrogen-bond donors (Lipinski definition) is 2. The molecule has 0 saturated carbocycles. The van der Waals surface area contributed by atoms with Gasteiger partial charge in [-0.2, -0.15) is 5.10 Å². The molecule has 2 aromatic heterocycles. The summed E-state index contributed by atoms with van der Waals surface area (Å²) in [4.78, 5) is 29.7. The second-order valence-electron chi connectivity index (χ2n) is 7.29. The van der Waals surface area contributed by atoms with Crippen LogP contribution in [0.4, 0.5) is 0 Å². The highest BCUT2D eigenvalue weighted by molar-refractivity contribution is 6.30. The van der Waals surface area contributed by atoms with Gasteiger partial charge in [0.15, 0.2) is 11.8 Å². The summed E-state index contributed by atoms with van der Waals surface area (Å²) < 4.78 is 7.42. The molecule has 9 heteroatoms. The first-order chi connectivity index (χ1) is 14.1. The minimum absolute atomic E-state index is 0.390. The molecule has 0 bridgehead atoms. The first-order valence-electron chi connectivity index (χ1n) is 9.43. The highest BCUT2D eigenvalue weighted by atomic mass is 35.5. The number of hydrazine groups is 1. The summed E-state index contributed by atoms with van der Waals surface area (Å²) in [5.41, 5.74) is 8.88. The fourth-order valence-electron chi connectivity index (χ4n) is 3.35. The van der Waals surface area contributed by atoms with Gasteiger partial charge in [0.1, 0.15) is 5.75 Å². The lowest BCUT2D eigenvalue weighted by molar-refractivity contribution is -0.128. The first-order valence-corrected chi connectivity index (χ1v) is 9.80. The molecule has 30 heavy (non-hydrogen) atoms. The summed E-state index contributed by atoms with van der Waals surface area (Å²) in [5, 5.41) is 5.57. The van der Waals surface area contributed by atoms with Crippen LogP contribution in [-0.2, 0) is 11.8 Å². The van der Waals surface area contributed by atoms with Crippen molar-refractivity contribution in [3.63, 3.8) is 0 Å². The van der Waals surface area contributed by atoms with E-state index in [0.29, 0.717) is 38.8 Å². The van der Waals surface area contributed by atoms with E-state index in [1.165, 1.54) is 0 Å². The number of hydrogen-bond acceptors (Lipinski definition) is 5. The third kappa shape index (κ3) is 4.23. The van der Waals surface area contributed by atoms with Gasteiger partial charge in [-0.05, 0) is 63.9 Å². The van der Waals surface area contributed by atoms with Crippen LogP contribution in [0, 0.1) is 27.7 Å². The molecule has 2 N–H and O–H groups in total. The lowest BCUT2D eigenvalue weighted by Gasteiger charge is -2.18. The fraction of sp³-hybridized carbons (Fsp3) is 0.333. The maximum Gasteiger partial charge on any atom is 0.279 e. The molecule has 0 aliphatic rings. The lowest BCUT2D eigenvalue weighted by atomic mass is 10.1.